The van der Waals surface area contributed by atoms with Crippen molar-refractivity contribution in [1.29, 1.82) is 5.26 Å². The Morgan fingerprint density at radius 1 is 0.857 bits per heavy atom. The number of rotatable bonds is 19. The van der Waals surface area contributed by atoms with Crippen LogP contribution < -0.4 is 9.47 Å². The Labute approximate surface area is 294 Å². The summed E-state index contributed by atoms with van der Waals surface area (Å²) in [5.74, 6) is 0.629. The molecule has 0 spiro atoms. The number of aromatic nitrogens is 2. The molecular formula is C36H46ClN3O8S. The summed E-state index contributed by atoms with van der Waals surface area (Å²) in [6, 6.07) is 13.5. The highest BCUT2D eigenvalue weighted by Crippen LogP contribution is 2.38. The summed E-state index contributed by atoms with van der Waals surface area (Å²) in [5, 5.41) is 10.1. The minimum absolute atomic E-state index is 0.0622. The molecule has 0 amide bonds. The van der Waals surface area contributed by atoms with Crippen LogP contribution in [0.2, 0.25) is 5.02 Å². The third-order valence-electron chi connectivity index (χ3n) is 7.28. The average molecular weight is 716 g/mol. The maximum Gasteiger partial charge on any atom is 0.332 e. The normalized spacial score (nSPS) is 12.0. The van der Waals surface area contributed by atoms with Crippen LogP contribution in [-0.2, 0) is 40.9 Å². The van der Waals surface area contributed by atoms with Crippen LogP contribution in [0.5, 0.6) is 11.5 Å². The number of hydrogen-bond donors (Lipinski definition) is 0. The highest BCUT2D eigenvalue weighted by molar-refractivity contribution is 7.90. The van der Waals surface area contributed by atoms with E-state index in [0.29, 0.717) is 60.5 Å². The Balaban J connectivity index is 1.42. The molecule has 0 saturated heterocycles. The van der Waals surface area contributed by atoms with Crippen molar-refractivity contribution in [3.63, 3.8) is 0 Å². The number of sulfone groups is 1. The van der Waals surface area contributed by atoms with Crippen molar-refractivity contribution in [2.45, 2.75) is 83.1 Å². The molecule has 0 N–H and O–H groups in total. The molecule has 1 aromatic heterocycles. The second-order valence-electron chi connectivity index (χ2n) is 13.0. The van der Waals surface area contributed by atoms with Crippen molar-refractivity contribution in [3.05, 3.63) is 76.1 Å². The fourth-order valence-corrected chi connectivity index (χ4v) is 5.41. The summed E-state index contributed by atoms with van der Waals surface area (Å²) in [4.78, 5) is 19.4. The second-order valence-corrected chi connectivity index (χ2v) is 15.4. The van der Waals surface area contributed by atoms with E-state index in [4.69, 9.17) is 35.3 Å². The van der Waals surface area contributed by atoms with Gasteiger partial charge in [0.15, 0.2) is 5.75 Å². The molecule has 13 heteroatoms. The van der Waals surface area contributed by atoms with Crippen molar-refractivity contribution in [2.24, 2.45) is 0 Å². The van der Waals surface area contributed by atoms with E-state index < -0.39 is 20.9 Å². The van der Waals surface area contributed by atoms with Crippen molar-refractivity contribution in [3.8, 4) is 17.6 Å². The Morgan fingerprint density at radius 2 is 1.49 bits per heavy atom. The number of nitrogens with zero attached hydrogens (tertiary/aromatic N) is 3. The van der Waals surface area contributed by atoms with Gasteiger partial charge in [-0.2, -0.15) is 5.26 Å². The zero-order valence-electron chi connectivity index (χ0n) is 29.1. The predicted octanol–water partition coefficient (Wildman–Crippen LogP) is 6.62. The van der Waals surface area contributed by atoms with Gasteiger partial charge in [0.05, 0.1) is 17.2 Å². The molecule has 0 aliphatic rings. The van der Waals surface area contributed by atoms with Crippen molar-refractivity contribution in [1.82, 2.24) is 9.97 Å². The lowest BCUT2D eigenvalue weighted by Crippen LogP contribution is -2.26. The number of unbranched alkanes of at least 4 members (excludes halogenated alkanes) is 2. The molecule has 0 bridgehead atoms. The minimum Gasteiger partial charge on any atom is -0.491 e. The lowest BCUT2D eigenvalue weighted by molar-refractivity contribution is -0.160. The van der Waals surface area contributed by atoms with Gasteiger partial charge in [-0.25, -0.2) is 23.2 Å². The maximum atomic E-state index is 11.6. The lowest BCUT2D eigenvalue weighted by atomic mass is 9.77. The van der Waals surface area contributed by atoms with Gasteiger partial charge in [0.2, 0.25) is 15.0 Å². The Bertz CT molecular complexity index is 1670. The molecule has 0 fully saturated rings. The SMILES string of the molecule is CC(C)(C)OC(=O)COCCCOCCCCCOc1c(Cl)cc(C(C)(C)c2ccc(OCc3cnc(S(C)(=O)=O)nc3)cc2)cc1C#N. The summed E-state index contributed by atoms with van der Waals surface area (Å²) in [7, 11) is -3.47. The van der Waals surface area contributed by atoms with E-state index in [-0.39, 0.29) is 24.3 Å². The number of nitriles is 1. The second kappa shape index (κ2) is 18.3. The molecule has 266 valence electrons. The molecule has 0 aliphatic carbocycles. The average Bonchev–Trinajstić information content (AvgIpc) is 3.03. The Hall–Kier alpha value is -3.76. The van der Waals surface area contributed by atoms with E-state index >= 15 is 0 Å². The molecule has 3 rings (SSSR count). The number of ether oxygens (including phenoxy) is 5. The molecule has 0 unspecified atom stereocenters. The smallest absolute Gasteiger partial charge is 0.332 e. The summed E-state index contributed by atoms with van der Waals surface area (Å²) in [6.45, 7) is 11.7. The molecule has 0 atom stereocenters. The molecule has 49 heavy (non-hydrogen) atoms. The molecule has 3 aromatic rings. The van der Waals surface area contributed by atoms with Crippen LogP contribution in [0.15, 0.2) is 53.9 Å². The molecular weight excluding hydrogens is 670 g/mol. The molecule has 1 heterocycles. The number of halogens is 1. The van der Waals surface area contributed by atoms with Gasteiger partial charge in [-0.1, -0.05) is 37.6 Å². The number of esters is 1. The fraction of sp³-hybridized carbons (Fsp3) is 0.500. The molecule has 2 aromatic carbocycles. The van der Waals surface area contributed by atoms with E-state index in [1.807, 2.05) is 57.2 Å². The lowest BCUT2D eigenvalue weighted by Gasteiger charge is -2.27. The predicted molar refractivity (Wildman–Crippen MR) is 186 cm³/mol. The fourth-order valence-electron chi connectivity index (χ4n) is 4.64. The van der Waals surface area contributed by atoms with Crippen LogP contribution in [0.4, 0.5) is 0 Å². The van der Waals surface area contributed by atoms with Crippen molar-refractivity contribution in [2.75, 3.05) is 39.3 Å². The molecule has 0 radical (unpaired) electrons. The van der Waals surface area contributed by atoms with E-state index in [2.05, 4.69) is 29.9 Å². The van der Waals surface area contributed by atoms with Gasteiger partial charge in [-0.05, 0) is 81.8 Å². The zero-order chi connectivity index (χ0) is 36.1. The van der Waals surface area contributed by atoms with E-state index in [1.54, 1.807) is 0 Å². The zero-order valence-corrected chi connectivity index (χ0v) is 30.7. The highest BCUT2D eigenvalue weighted by atomic mass is 35.5. The van der Waals surface area contributed by atoms with E-state index in [9.17, 15) is 18.5 Å². The monoisotopic (exact) mass is 715 g/mol. The third-order valence-corrected chi connectivity index (χ3v) is 8.43. The van der Waals surface area contributed by atoms with Crippen LogP contribution in [0.3, 0.4) is 0 Å². The van der Waals surface area contributed by atoms with Crippen LogP contribution in [0, 0.1) is 11.3 Å². The standard InChI is InChI=1S/C36H46ClN3O8S/c1-35(2,3)48-32(41)25-45-17-10-16-44-15-8-7-9-18-46-33-27(21-38)19-29(20-31(33)37)36(4,5)28-11-13-30(14-12-28)47-24-26-22-39-34(40-23-26)49(6,42)43/h11-14,19-20,22-23H,7-10,15-18,24-25H2,1-6H3. The number of carbonyl (C=O) groups excluding carboxylic acids is 1. The van der Waals surface area contributed by atoms with E-state index in [0.717, 1.165) is 36.6 Å². The maximum absolute atomic E-state index is 11.6. The highest BCUT2D eigenvalue weighted by Gasteiger charge is 2.26. The van der Waals surface area contributed by atoms with Crippen LogP contribution >= 0.6 is 11.6 Å². The molecule has 11 nitrogen and oxygen atoms in total. The summed E-state index contributed by atoms with van der Waals surface area (Å²) >= 11 is 6.65. The largest absolute Gasteiger partial charge is 0.491 e. The first kappa shape index (κ1) is 39.7. The summed E-state index contributed by atoms with van der Waals surface area (Å²) in [5.41, 5.74) is 1.87. The van der Waals surface area contributed by atoms with Crippen LogP contribution in [-0.4, -0.2) is 69.2 Å². The van der Waals surface area contributed by atoms with Gasteiger partial charge < -0.3 is 23.7 Å². The minimum atomic E-state index is -3.47. The van der Waals surface area contributed by atoms with Crippen LogP contribution in [0.1, 0.15) is 82.6 Å². The van der Waals surface area contributed by atoms with Gasteiger partial charge in [0, 0.05) is 49.4 Å². The van der Waals surface area contributed by atoms with Gasteiger partial charge in [-0.15, -0.1) is 0 Å². The third kappa shape index (κ3) is 13.2. The van der Waals surface area contributed by atoms with Gasteiger partial charge in [0.1, 0.15) is 30.6 Å². The first-order chi connectivity index (χ1) is 23.1. The molecule has 0 saturated carbocycles. The molecule has 0 aliphatic heterocycles. The first-order valence-corrected chi connectivity index (χ1v) is 18.4. The topological polar surface area (TPSA) is 147 Å². The van der Waals surface area contributed by atoms with Crippen molar-refractivity contribution < 1.29 is 36.9 Å². The van der Waals surface area contributed by atoms with Gasteiger partial charge in [0.25, 0.3) is 0 Å². The van der Waals surface area contributed by atoms with Gasteiger partial charge >= 0.3 is 5.97 Å². The first-order valence-electron chi connectivity index (χ1n) is 16.1. The van der Waals surface area contributed by atoms with Gasteiger partial charge in [-0.3, -0.25) is 0 Å². The summed E-state index contributed by atoms with van der Waals surface area (Å²) in [6.07, 6.45) is 7.15. The Morgan fingerprint density at radius 3 is 2.12 bits per heavy atom. The van der Waals surface area contributed by atoms with Crippen LogP contribution in [0.25, 0.3) is 0 Å². The summed E-state index contributed by atoms with van der Waals surface area (Å²) < 4.78 is 51.1. The van der Waals surface area contributed by atoms with Crippen molar-refractivity contribution >= 4 is 27.4 Å². The number of carbonyl (C=O) groups is 1. The quantitative estimate of drug-likeness (QED) is 0.0749. The number of benzene rings is 2. The Kier molecular flexibility index (Phi) is 14.8. The van der Waals surface area contributed by atoms with E-state index in [1.165, 1.54) is 12.4 Å². The number of hydrogen-bond acceptors (Lipinski definition) is 11.